The van der Waals surface area contributed by atoms with Gasteiger partial charge >= 0.3 is 5.76 Å². The Morgan fingerprint density at radius 2 is 1.85 bits per heavy atom. The van der Waals surface area contributed by atoms with E-state index in [0.717, 1.165) is 58.5 Å². The molecule has 1 aromatic carbocycles. The zero-order valence-electron chi connectivity index (χ0n) is 23.1. The molecule has 2 aliphatic heterocycles. The third-order valence-corrected chi connectivity index (χ3v) is 7.53. The van der Waals surface area contributed by atoms with Crippen LogP contribution < -0.4 is 16.4 Å². The van der Waals surface area contributed by atoms with Gasteiger partial charge in [0.25, 0.3) is 0 Å². The number of piperidine rings is 1. The average Bonchev–Trinajstić information content (AvgIpc) is 2.90. The largest absolute Gasteiger partial charge is 0.441 e. The van der Waals surface area contributed by atoms with E-state index in [4.69, 9.17) is 9.15 Å². The van der Waals surface area contributed by atoms with Crippen molar-refractivity contribution in [1.82, 2.24) is 20.1 Å². The van der Waals surface area contributed by atoms with Gasteiger partial charge in [-0.15, -0.1) is 0 Å². The topological polar surface area (TPSA) is 124 Å². The number of benzene rings is 1. The van der Waals surface area contributed by atoms with E-state index in [9.17, 15) is 19.2 Å². The van der Waals surface area contributed by atoms with E-state index >= 15 is 0 Å². The predicted octanol–water partition coefficient (Wildman–Crippen LogP) is 2.74. The summed E-state index contributed by atoms with van der Waals surface area (Å²) in [5.74, 6) is -1.60. The lowest BCUT2D eigenvalue weighted by atomic mass is 9.86. The molecule has 0 radical (unpaired) electrons. The lowest BCUT2D eigenvalue weighted by Gasteiger charge is -2.39. The van der Waals surface area contributed by atoms with Crippen molar-refractivity contribution in [2.24, 2.45) is 5.41 Å². The van der Waals surface area contributed by atoms with Crippen LogP contribution in [0, 0.1) is 22.6 Å². The molecule has 10 nitrogen and oxygen atoms in total. The lowest BCUT2D eigenvalue weighted by molar-refractivity contribution is -0.124. The average molecular weight is 543 g/mol. The number of rotatable bonds is 9. The molecule has 1 atom stereocenters. The molecule has 1 aromatic heterocycles. The summed E-state index contributed by atoms with van der Waals surface area (Å²) < 4.78 is 24.2. The van der Waals surface area contributed by atoms with Crippen molar-refractivity contribution in [1.29, 1.82) is 5.26 Å². The predicted molar refractivity (Wildman–Crippen MR) is 146 cm³/mol. The smallest absolute Gasteiger partial charge is 0.408 e. The van der Waals surface area contributed by atoms with E-state index in [1.54, 1.807) is 0 Å². The molecule has 0 aliphatic carbocycles. The third kappa shape index (κ3) is 7.97. The summed E-state index contributed by atoms with van der Waals surface area (Å²) >= 11 is 0. The first-order valence-corrected chi connectivity index (χ1v) is 13.7. The van der Waals surface area contributed by atoms with Crippen molar-refractivity contribution in [3.05, 3.63) is 34.6 Å². The molecule has 3 heterocycles. The van der Waals surface area contributed by atoms with Gasteiger partial charge in [0.05, 0.1) is 24.7 Å². The molecular weight excluding hydrogens is 503 g/mol. The molecule has 1 amide bonds. The van der Waals surface area contributed by atoms with Gasteiger partial charge in [0.1, 0.15) is 28.8 Å². The monoisotopic (exact) mass is 542 g/mol. The highest BCUT2D eigenvalue weighted by atomic mass is 19.1. The van der Waals surface area contributed by atoms with Gasteiger partial charge in [-0.1, -0.05) is 20.8 Å². The number of hydrogen-bond donors (Lipinski definition) is 2. The first kappa shape index (κ1) is 28.9. The Kier molecular flexibility index (Phi) is 9.20. The molecule has 2 fully saturated rings. The molecule has 0 spiro atoms. The minimum absolute atomic E-state index is 0.0467. The number of nitrogens with zero attached hydrogens (tertiary/aromatic N) is 4. The molecule has 2 N–H and O–H groups in total. The Morgan fingerprint density at radius 3 is 2.49 bits per heavy atom. The maximum Gasteiger partial charge on any atom is 0.441 e. The van der Waals surface area contributed by atoms with Gasteiger partial charge in [-0.2, -0.15) is 10.2 Å². The molecule has 1 unspecified atom stereocenters. The molecule has 11 heteroatoms. The summed E-state index contributed by atoms with van der Waals surface area (Å²) in [5.41, 5.74) is -0.971. The second kappa shape index (κ2) is 12.4. The first-order valence-electron chi connectivity index (χ1n) is 13.7. The van der Waals surface area contributed by atoms with E-state index in [2.05, 4.69) is 52.3 Å². The molecule has 212 valence electrons. The lowest BCUT2D eigenvalue weighted by Crippen LogP contribution is -2.58. The molecule has 2 aliphatic rings. The van der Waals surface area contributed by atoms with E-state index in [1.807, 2.05) is 0 Å². The fourth-order valence-corrected chi connectivity index (χ4v) is 5.02. The standard InChI is InChI=1S/C28H39FN6O4/c1-27(2,3)7-6-22(31-24-21-5-4-20(29)18-23(21)39-26(37)32-24)25(36)33-28(19-30)8-10-34(11-9-28)12-13-35-14-16-38-17-15-35/h4-5,18,22H,6-17H2,1-3H3,(H,33,36)(H,31,32,37). The summed E-state index contributed by atoms with van der Waals surface area (Å²) in [7, 11) is 0. The van der Waals surface area contributed by atoms with Crippen molar-refractivity contribution < 1.29 is 18.3 Å². The minimum Gasteiger partial charge on any atom is -0.408 e. The molecule has 2 saturated heterocycles. The number of likely N-dealkylation sites (tertiary alicyclic amines) is 1. The number of anilines is 1. The highest BCUT2D eigenvalue weighted by molar-refractivity contribution is 5.91. The Morgan fingerprint density at radius 1 is 1.18 bits per heavy atom. The van der Waals surface area contributed by atoms with Crippen LogP contribution in [0.15, 0.2) is 27.4 Å². The number of morpholine rings is 1. The SMILES string of the molecule is CC(C)(C)CCC(Nc1nc(=O)oc2cc(F)ccc12)C(=O)NC1(C#N)CCN(CCN2CCOCC2)CC1. The van der Waals surface area contributed by atoms with Crippen LogP contribution in [0.3, 0.4) is 0 Å². The maximum atomic E-state index is 13.7. The number of nitrogens with one attached hydrogen (secondary N) is 2. The fourth-order valence-electron chi connectivity index (χ4n) is 5.02. The van der Waals surface area contributed by atoms with Crippen molar-refractivity contribution in [2.75, 3.05) is 57.8 Å². The van der Waals surface area contributed by atoms with E-state index < -0.39 is 23.2 Å². The van der Waals surface area contributed by atoms with Crippen LogP contribution in [0.5, 0.6) is 0 Å². The highest BCUT2D eigenvalue weighted by Gasteiger charge is 2.38. The van der Waals surface area contributed by atoms with E-state index in [0.29, 0.717) is 31.1 Å². The molecule has 4 rings (SSSR count). The van der Waals surface area contributed by atoms with Gasteiger partial charge < -0.3 is 24.7 Å². The van der Waals surface area contributed by atoms with Gasteiger partial charge in [0.2, 0.25) is 5.91 Å². The number of aromatic nitrogens is 1. The number of halogens is 1. The maximum absolute atomic E-state index is 13.7. The number of ether oxygens (including phenoxy) is 1. The van der Waals surface area contributed by atoms with Gasteiger partial charge in [0, 0.05) is 45.3 Å². The summed E-state index contributed by atoms with van der Waals surface area (Å²) in [6.45, 7) is 13.0. The molecular formula is C28H39FN6O4. The molecule has 0 saturated carbocycles. The van der Waals surface area contributed by atoms with Crippen LogP contribution in [-0.2, 0) is 9.53 Å². The van der Waals surface area contributed by atoms with Gasteiger partial charge in [-0.25, -0.2) is 9.18 Å². The van der Waals surface area contributed by atoms with Crippen molar-refractivity contribution >= 4 is 22.7 Å². The zero-order valence-corrected chi connectivity index (χ0v) is 23.1. The molecule has 2 aromatic rings. The second-order valence-corrected chi connectivity index (χ2v) is 11.7. The van der Waals surface area contributed by atoms with Crippen molar-refractivity contribution in [3.8, 4) is 6.07 Å². The third-order valence-electron chi connectivity index (χ3n) is 7.53. The summed E-state index contributed by atoms with van der Waals surface area (Å²) in [4.78, 5) is 34.4. The normalized spacial score (nSPS) is 19.4. The quantitative estimate of drug-likeness (QED) is 0.492. The Labute approximate surface area is 228 Å². The van der Waals surface area contributed by atoms with Gasteiger partial charge in [-0.3, -0.25) is 9.69 Å². The Balaban J connectivity index is 1.45. The number of carbonyl (C=O) groups excluding carboxylic acids is 1. The number of fused-ring (bicyclic) bond motifs is 1. The molecule has 0 bridgehead atoms. The number of amides is 1. The van der Waals surface area contributed by atoms with Crippen LogP contribution in [0.4, 0.5) is 10.2 Å². The number of nitriles is 1. The summed E-state index contributed by atoms with van der Waals surface area (Å²) in [6, 6.07) is 5.45. The van der Waals surface area contributed by atoms with Crippen LogP contribution >= 0.6 is 0 Å². The Bertz CT molecular complexity index is 1240. The summed E-state index contributed by atoms with van der Waals surface area (Å²) in [5, 5.41) is 16.7. The van der Waals surface area contributed by atoms with Crippen molar-refractivity contribution in [3.63, 3.8) is 0 Å². The van der Waals surface area contributed by atoms with E-state index in [-0.39, 0.29) is 22.7 Å². The number of hydrogen-bond acceptors (Lipinski definition) is 9. The first-order chi connectivity index (χ1) is 18.6. The minimum atomic E-state index is -0.970. The zero-order chi connectivity index (χ0) is 28.0. The van der Waals surface area contributed by atoms with Crippen LogP contribution in [0.25, 0.3) is 11.0 Å². The second-order valence-electron chi connectivity index (χ2n) is 11.7. The van der Waals surface area contributed by atoms with Gasteiger partial charge in [0.15, 0.2) is 0 Å². The van der Waals surface area contributed by atoms with Crippen LogP contribution in [0.2, 0.25) is 0 Å². The van der Waals surface area contributed by atoms with Crippen LogP contribution in [0.1, 0.15) is 46.5 Å². The Hall–Kier alpha value is -3.07. The highest BCUT2D eigenvalue weighted by Crippen LogP contribution is 2.27. The van der Waals surface area contributed by atoms with Crippen LogP contribution in [-0.4, -0.2) is 84.8 Å². The number of carbonyl (C=O) groups is 1. The summed E-state index contributed by atoms with van der Waals surface area (Å²) in [6.07, 6.45) is 2.22. The van der Waals surface area contributed by atoms with Gasteiger partial charge in [-0.05, 0) is 43.2 Å². The molecule has 39 heavy (non-hydrogen) atoms. The fraction of sp³-hybridized carbons (Fsp3) is 0.643. The van der Waals surface area contributed by atoms with E-state index in [1.165, 1.54) is 12.1 Å². The van der Waals surface area contributed by atoms with Crippen molar-refractivity contribution in [2.45, 2.75) is 58.0 Å².